The lowest BCUT2D eigenvalue weighted by atomic mass is 10.1. The fourth-order valence-electron chi connectivity index (χ4n) is 3.30. The van der Waals surface area contributed by atoms with E-state index in [1.54, 1.807) is 31.2 Å². The first-order chi connectivity index (χ1) is 14.2. The van der Waals surface area contributed by atoms with Gasteiger partial charge in [0.15, 0.2) is 0 Å². The van der Waals surface area contributed by atoms with Crippen LogP contribution >= 0.6 is 11.6 Å². The number of ether oxygens (including phenoxy) is 1. The summed E-state index contributed by atoms with van der Waals surface area (Å²) in [6, 6.07) is 4.77. The standard InChI is InChI=1S/C22H26ClN3O4/c1-6-26-13(3)17(21(14(26)4)22(29)30-7-2)9-11-20(28)25-19-12-16(23)8-10-18(19)24-15(5)27/h8-12H,6-7H2,1-5H3,(H,24,27)(H,25,28). The minimum absolute atomic E-state index is 0.263. The van der Waals surface area contributed by atoms with Crippen LogP contribution in [-0.2, 0) is 20.9 Å². The molecule has 1 heterocycles. The molecule has 7 nitrogen and oxygen atoms in total. The van der Waals surface area contributed by atoms with E-state index in [-0.39, 0.29) is 12.5 Å². The SMILES string of the molecule is CCOC(=O)c1c(C=CC(=O)Nc2cc(Cl)ccc2NC(C)=O)c(C)n(CC)c1C. The second-order valence-electron chi connectivity index (χ2n) is 6.62. The molecule has 30 heavy (non-hydrogen) atoms. The van der Waals surface area contributed by atoms with Gasteiger partial charge in [0.2, 0.25) is 11.8 Å². The lowest BCUT2D eigenvalue weighted by Gasteiger charge is -2.10. The molecule has 0 saturated carbocycles. The van der Waals surface area contributed by atoms with Crippen molar-refractivity contribution in [2.24, 2.45) is 0 Å². The summed E-state index contributed by atoms with van der Waals surface area (Å²) in [5.74, 6) is -1.12. The average Bonchev–Trinajstić information content (AvgIpc) is 2.91. The number of rotatable bonds is 7. The molecule has 0 atom stereocenters. The Balaban J connectivity index is 2.35. The number of anilines is 2. The van der Waals surface area contributed by atoms with Crippen LogP contribution in [0.25, 0.3) is 6.08 Å². The normalized spacial score (nSPS) is 10.9. The predicted molar refractivity (Wildman–Crippen MR) is 119 cm³/mol. The van der Waals surface area contributed by atoms with Gasteiger partial charge in [0.05, 0.1) is 23.5 Å². The van der Waals surface area contributed by atoms with Crippen LogP contribution in [0.5, 0.6) is 0 Å². The molecule has 0 radical (unpaired) electrons. The fourth-order valence-corrected chi connectivity index (χ4v) is 3.47. The lowest BCUT2D eigenvalue weighted by Crippen LogP contribution is -2.13. The predicted octanol–water partition coefficient (Wildman–Crippen LogP) is 4.57. The molecule has 0 spiro atoms. The number of amides is 2. The molecule has 1 aromatic heterocycles. The first-order valence-electron chi connectivity index (χ1n) is 9.62. The Morgan fingerprint density at radius 1 is 1.10 bits per heavy atom. The molecule has 0 aliphatic heterocycles. The number of carbonyl (C=O) groups excluding carboxylic acids is 3. The van der Waals surface area contributed by atoms with Gasteiger partial charge in [-0.1, -0.05) is 11.6 Å². The van der Waals surface area contributed by atoms with E-state index >= 15 is 0 Å². The van der Waals surface area contributed by atoms with E-state index in [9.17, 15) is 14.4 Å². The highest BCUT2D eigenvalue weighted by molar-refractivity contribution is 6.31. The van der Waals surface area contributed by atoms with Crippen LogP contribution in [-0.4, -0.2) is 29.0 Å². The van der Waals surface area contributed by atoms with Crippen molar-refractivity contribution >= 4 is 46.8 Å². The van der Waals surface area contributed by atoms with Crippen molar-refractivity contribution in [2.75, 3.05) is 17.2 Å². The summed E-state index contributed by atoms with van der Waals surface area (Å²) >= 11 is 6.02. The van der Waals surface area contributed by atoms with E-state index in [0.29, 0.717) is 34.1 Å². The summed E-state index contributed by atoms with van der Waals surface area (Å²) in [4.78, 5) is 36.4. The minimum Gasteiger partial charge on any atom is -0.462 e. The van der Waals surface area contributed by atoms with Crippen LogP contribution in [0.3, 0.4) is 0 Å². The van der Waals surface area contributed by atoms with Gasteiger partial charge in [0.1, 0.15) is 0 Å². The zero-order valence-electron chi connectivity index (χ0n) is 17.8. The Morgan fingerprint density at radius 2 is 1.80 bits per heavy atom. The fraction of sp³-hybridized carbons (Fsp3) is 0.318. The van der Waals surface area contributed by atoms with Crippen LogP contribution in [0, 0.1) is 13.8 Å². The monoisotopic (exact) mass is 431 g/mol. The second-order valence-corrected chi connectivity index (χ2v) is 7.05. The van der Waals surface area contributed by atoms with E-state index in [4.69, 9.17) is 16.3 Å². The van der Waals surface area contributed by atoms with Crippen LogP contribution in [0.15, 0.2) is 24.3 Å². The van der Waals surface area contributed by atoms with Crippen molar-refractivity contribution in [1.82, 2.24) is 4.57 Å². The molecular formula is C22H26ClN3O4. The van der Waals surface area contributed by atoms with Crippen LogP contribution in [0.2, 0.25) is 5.02 Å². The molecule has 1 aromatic carbocycles. The lowest BCUT2D eigenvalue weighted by molar-refractivity contribution is -0.114. The first-order valence-corrected chi connectivity index (χ1v) is 10.00. The molecule has 0 fully saturated rings. The van der Waals surface area contributed by atoms with E-state index in [1.807, 2.05) is 25.3 Å². The Labute approximate surface area is 181 Å². The number of halogens is 1. The summed E-state index contributed by atoms with van der Waals surface area (Å²) in [7, 11) is 0. The Morgan fingerprint density at radius 3 is 2.40 bits per heavy atom. The Kier molecular flexibility index (Phi) is 7.83. The van der Waals surface area contributed by atoms with Crippen molar-refractivity contribution < 1.29 is 19.1 Å². The number of esters is 1. The zero-order valence-corrected chi connectivity index (χ0v) is 18.5. The van der Waals surface area contributed by atoms with Gasteiger partial charge in [-0.05, 0) is 52.0 Å². The van der Waals surface area contributed by atoms with Gasteiger partial charge in [0.25, 0.3) is 0 Å². The van der Waals surface area contributed by atoms with E-state index in [0.717, 1.165) is 11.4 Å². The Hall–Kier alpha value is -3.06. The van der Waals surface area contributed by atoms with E-state index < -0.39 is 11.9 Å². The maximum absolute atomic E-state index is 12.5. The smallest absolute Gasteiger partial charge is 0.340 e. The largest absolute Gasteiger partial charge is 0.462 e. The third-order valence-electron chi connectivity index (χ3n) is 4.58. The van der Waals surface area contributed by atoms with Crippen LogP contribution < -0.4 is 10.6 Å². The molecule has 0 unspecified atom stereocenters. The molecule has 0 aliphatic rings. The van der Waals surface area contributed by atoms with Crippen molar-refractivity contribution in [3.63, 3.8) is 0 Å². The molecular weight excluding hydrogens is 406 g/mol. The van der Waals surface area contributed by atoms with Crippen LogP contribution in [0.1, 0.15) is 48.1 Å². The highest BCUT2D eigenvalue weighted by Gasteiger charge is 2.22. The number of nitrogens with one attached hydrogen (secondary N) is 2. The van der Waals surface area contributed by atoms with Gasteiger partial charge in [-0.2, -0.15) is 0 Å². The molecule has 0 aliphatic carbocycles. The molecule has 0 saturated heterocycles. The molecule has 8 heteroatoms. The number of hydrogen-bond acceptors (Lipinski definition) is 4. The third kappa shape index (κ3) is 5.30. The van der Waals surface area contributed by atoms with E-state index in [2.05, 4.69) is 10.6 Å². The molecule has 160 valence electrons. The number of benzene rings is 1. The summed E-state index contributed by atoms with van der Waals surface area (Å²) in [5, 5.41) is 5.77. The van der Waals surface area contributed by atoms with Gasteiger partial charge in [0, 0.05) is 41.5 Å². The average molecular weight is 432 g/mol. The van der Waals surface area contributed by atoms with Gasteiger partial charge >= 0.3 is 5.97 Å². The zero-order chi connectivity index (χ0) is 22.4. The number of hydrogen-bond donors (Lipinski definition) is 2. The Bertz CT molecular complexity index is 1010. The maximum Gasteiger partial charge on any atom is 0.340 e. The highest BCUT2D eigenvalue weighted by atomic mass is 35.5. The summed E-state index contributed by atoms with van der Waals surface area (Å²) < 4.78 is 7.18. The van der Waals surface area contributed by atoms with E-state index in [1.165, 1.54) is 13.0 Å². The van der Waals surface area contributed by atoms with Crippen LogP contribution in [0.4, 0.5) is 11.4 Å². The molecule has 2 N–H and O–H groups in total. The highest BCUT2D eigenvalue weighted by Crippen LogP contribution is 2.27. The summed E-state index contributed by atoms with van der Waals surface area (Å²) in [6.07, 6.45) is 2.93. The van der Waals surface area contributed by atoms with Gasteiger partial charge < -0.3 is 19.9 Å². The summed E-state index contributed by atoms with van der Waals surface area (Å²) in [6.45, 7) is 9.80. The number of nitrogens with zero attached hydrogens (tertiary/aromatic N) is 1. The second kappa shape index (κ2) is 10.1. The molecule has 2 aromatic rings. The minimum atomic E-state index is -0.431. The molecule has 2 amide bonds. The third-order valence-corrected chi connectivity index (χ3v) is 4.81. The van der Waals surface area contributed by atoms with Crippen molar-refractivity contribution in [3.8, 4) is 0 Å². The topological polar surface area (TPSA) is 89.4 Å². The van der Waals surface area contributed by atoms with Crippen molar-refractivity contribution in [3.05, 3.63) is 51.8 Å². The van der Waals surface area contributed by atoms with Gasteiger partial charge in [-0.3, -0.25) is 9.59 Å². The molecule has 0 bridgehead atoms. The molecule has 2 rings (SSSR count). The quantitative estimate of drug-likeness (QED) is 0.496. The van der Waals surface area contributed by atoms with Crippen molar-refractivity contribution in [1.29, 1.82) is 0 Å². The van der Waals surface area contributed by atoms with Gasteiger partial charge in [-0.15, -0.1) is 0 Å². The van der Waals surface area contributed by atoms with Crippen molar-refractivity contribution in [2.45, 2.75) is 41.2 Å². The van der Waals surface area contributed by atoms with Gasteiger partial charge in [-0.25, -0.2) is 4.79 Å². The first kappa shape index (κ1) is 23.2. The summed E-state index contributed by atoms with van der Waals surface area (Å²) in [5.41, 5.74) is 3.54. The maximum atomic E-state index is 12.5. The number of carbonyl (C=O) groups is 3. The number of aromatic nitrogens is 1.